The molecule has 1 aliphatic heterocycles. The van der Waals surface area contributed by atoms with Crippen LogP contribution in [0.3, 0.4) is 0 Å². The third-order valence-electron chi connectivity index (χ3n) is 4.06. The van der Waals surface area contributed by atoms with Gasteiger partial charge >= 0.3 is 5.88 Å². The number of piperidine rings is 1. The Labute approximate surface area is 150 Å². The summed E-state index contributed by atoms with van der Waals surface area (Å²) < 4.78 is 4.92. The lowest BCUT2D eigenvalue weighted by Gasteiger charge is -2.27. The number of nitrogens with zero attached hydrogens (tertiary/aromatic N) is 5. The van der Waals surface area contributed by atoms with Crippen LogP contribution >= 0.6 is 0 Å². The standard InChI is InChI=1S/C16H20N6O4/c1-20(2)14-11(10-17-16(19-14)21-8-4-3-5-9-21)18-15(23)12-6-7-13(26-12)22(24)25/h6-7,10H,3-5,8-9H2,1-2H3,(H,18,23). The number of nitrogens with one attached hydrogen (secondary N) is 1. The first-order valence-corrected chi connectivity index (χ1v) is 8.30. The highest BCUT2D eigenvalue weighted by molar-refractivity contribution is 6.03. The van der Waals surface area contributed by atoms with Crippen LogP contribution in [0.1, 0.15) is 29.8 Å². The normalized spacial score (nSPS) is 14.2. The van der Waals surface area contributed by atoms with Crippen molar-refractivity contribution in [3.05, 3.63) is 34.2 Å². The quantitative estimate of drug-likeness (QED) is 0.637. The zero-order valence-electron chi connectivity index (χ0n) is 14.6. The van der Waals surface area contributed by atoms with Crippen LogP contribution in [0.4, 0.5) is 23.3 Å². The Balaban J connectivity index is 1.81. The Morgan fingerprint density at radius 3 is 2.65 bits per heavy atom. The number of nitro groups is 1. The highest BCUT2D eigenvalue weighted by atomic mass is 16.6. The number of hydrogen-bond donors (Lipinski definition) is 1. The average molecular weight is 360 g/mol. The molecule has 26 heavy (non-hydrogen) atoms. The summed E-state index contributed by atoms with van der Waals surface area (Å²) in [4.78, 5) is 35.1. The molecule has 10 heteroatoms. The van der Waals surface area contributed by atoms with Gasteiger partial charge in [0.05, 0.1) is 12.3 Å². The third-order valence-corrected chi connectivity index (χ3v) is 4.06. The molecule has 0 spiro atoms. The molecule has 10 nitrogen and oxygen atoms in total. The van der Waals surface area contributed by atoms with E-state index in [2.05, 4.69) is 20.2 Å². The maximum atomic E-state index is 12.3. The lowest BCUT2D eigenvalue weighted by molar-refractivity contribution is -0.402. The van der Waals surface area contributed by atoms with Gasteiger partial charge in [0.25, 0.3) is 5.91 Å². The van der Waals surface area contributed by atoms with Gasteiger partial charge in [0.2, 0.25) is 5.95 Å². The smallest absolute Gasteiger partial charge is 0.395 e. The Bertz CT molecular complexity index is 813. The lowest BCUT2D eigenvalue weighted by atomic mass is 10.1. The number of furan rings is 1. The highest BCUT2D eigenvalue weighted by Gasteiger charge is 2.21. The van der Waals surface area contributed by atoms with E-state index in [4.69, 9.17) is 4.42 Å². The summed E-state index contributed by atoms with van der Waals surface area (Å²) in [6, 6.07) is 2.39. The van der Waals surface area contributed by atoms with Gasteiger partial charge in [-0.05, 0) is 25.3 Å². The molecule has 2 aromatic rings. The fourth-order valence-corrected chi connectivity index (χ4v) is 2.77. The van der Waals surface area contributed by atoms with E-state index >= 15 is 0 Å². The zero-order valence-corrected chi connectivity index (χ0v) is 14.6. The summed E-state index contributed by atoms with van der Waals surface area (Å²) in [6.07, 6.45) is 4.97. The lowest BCUT2D eigenvalue weighted by Crippen LogP contribution is -2.31. The summed E-state index contributed by atoms with van der Waals surface area (Å²) >= 11 is 0. The fourth-order valence-electron chi connectivity index (χ4n) is 2.77. The first kappa shape index (κ1) is 17.6. The zero-order chi connectivity index (χ0) is 18.7. The molecule has 1 fully saturated rings. The minimum absolute atomic E-state index is 0.151. The summed E-state index contributed by atoms with van der Waals surface area (Å²) in [5.74, 6) is -0.0632. The van der Waals surface area contributed by atoms with Crippen molar-refractivity contribution in [3.63, 3.8) is 0 Å². The van der Waals surface area contributed by atoms with Crippen molar-refractivity contribution < 1.29 is 14.1 Å². The van der Waals surface area contributed by atoms with Gasteiger partial charge in [-0.1, -0.05) is 0 Å². The molecule has 0 aliphatic carbocycles. The molecule has 1 N–H and O–H groups in total. The summed E-state index contributed by atoms with van der Waals surface area (Å²) in [7, 11) is 3.63. The van der Waals surface area contributed by atoms with E-state index in [-0.39, 0.29) is 5.76 Å². The molecule has 1 amide bonds. The van der Waals surface area contributed by atoms with Gasteiger partial charge in [0.15, 0.2) is 11.6 Å². The summed E-state index contributed by atoms with van der Waals surface area (Å²) in [5, 5.41) is 13.3. The van der Waals surface area contributed by atoms with Crippen molar-refractivity contribution >= 4 is 29.2 Å². The second-order valence-electron chi connectivity index (χ2n) is 6.20. The van der Waals surface area contributed by atoms with E-state index < -0.39 is 16.7 Å². The summed E-state index contributed by atoms with van der Waals surface area (Å²) in [5.41, 5.74) is 0.403. The molecule has 3 heterocycles. The molecule has 0 atom stereocenters. The van der Waals surface area contributed by atoms with Gasteiger partial charge in [-0.2, -0.15) is 4.98 Å². The van der Waals surface area contributed by atoms with Crippen molar-refractivity contribution in [1.29, 1.82) is 0 Å². The van der Waals surface area contributed by atoms with Gasteiger partial charge in [-0.15, -0.1) is 0 Å². The summed E-state index contributed by atoms with van der Waals surface area (Å²) in [6.45, 7) is 1.82. The van der Waals surface area contributed by atoms with Gasteiger partial charge in [-0.25, -0.2) is 4.98 Å². The van der Waals surface area contributed by atoms with E-state index in [1.165, 1.54) is 12.5 Å². The molecular formula is C16H20N6O4. The number of carbonyl (C=O) groups excluding carboxylic acids is 1. The minimum atomic E-state index is -0.696. The first-order chi connectivity index (χ1) is 12.5. The number of hydrogen-bond acceptors (Lipinski definition) is 8. The Morgan fingerprint density at radius 2 is 2.04 bits per heavy atom. The van der Waals surface area contributed by atoms with Crippen molar-refractivity contribution in [3.8, 4) is 0 Å². The molecule has 1 saturated heterocycles. The Morgan fingerprint density at radius 1 is 1.31 bits per heavy atom. The van der Waals surface area contributed by atoms with Crippen molar-refractivity contribution in [2.45, 2.75) is 19.3 Å². The van der Waals surface area contributed by atoms with Gasteiger partial charge in [-0.3, -0.25) is 14.9 Å². The third kappa shape index (κ3) is 3.73. The van der Waals surface area contributed by atoms with E-state index in [0.29, 0.717) is 17.5 Å². The fraction of sp³-hybridized carbons (Fsp3) is 0.438. The van der Waals surface area contributed by atoms with E-state index in [1.807, 2.05) is 14.1 Å². The number of rotatable bonds is 5. The maximum absolute atomic E-state index is 12.3. The maximum Gasteiger partial charge on any atom is 0.433 e. The van der Waals surface area contributed by atoms with Gasteiger partial charge < -0.3 is 19.5 Å². The molecule has 0 unspecified atom stereocenters. The van der Waals surface area contributed by atoms with E-state index in [0.717, 1.165) is 32.0 Å². The average Bonchev–Trinajstić information content (AvgIpc) is 3.13. The molecule has 2 aromatic heterocycles. The minimum Gasteiger partial charge on any atom is -0.395 e. The second kappa shape index (κ2) is 7.38. The Kier molecular flexibility index (Phi) is 5.01. The first-order valence-electron chi connectivity index (χ1n) is 8.30. The monoisotopic (exact) mass is 360 g/mol. The number of anilines is 3. The van der Waals surface area contributed by atoms with Crippen LogP contribution in [-0.4, -0.2) is 48.0 Å². The SMILES string of the molecule is CN(C)c1nc(N2CCCCC2)ncc1NC(=O)c1ccc([N+](=O)[O-])o1. The predicted molar refractivity (Wildman–Crippen MR) is 95.7 cm³/mol. The molecular weight excluding hydrogens is 340 g/mol. The molecule has 0 bridgehead atoms. The molecule has 3 rings (SSSR count). The van der Waals surface area contributed by atoms with Crippen molar-refractivity contribution in [2.24, 2.45) is 0 Å². The molecule has 0 aromatic carbocycles. The largest absolute Gasteiger partial charge is 0.433 e. The van der Waals surface area contributed by atoms with Crippen LogP contribution in [0.5, 0.6) is 0 Å². The van der Waals surface area contributed by atoms with E-state index in [9.17, 15) is 14.9 Å². The number of amides is 1. The van der Waals surface area contributed by atoms with Crippen LogP contribution in [0.2, 0.25) is 0 Å². The molecule has 1 aliphatic rings. The van der Waals surface area contributed by atoms with Crippen LogP contribution in [0.25, 0.3) is 0 Å². The Hall–Kier alpha value is -3.17. The van der Waals surface area contributed by atoms with E-state index in [1.54, 1.807) is 11.1 Å². The van der Waals surface area contributed by atoms with Crippen LogP contribution < -0.4 is 15.1 Å². The van der Waals surface area contributed by atoms with Crippen molar-refractivity contribution in [2.75, 3.05) is 42.3 Å². The molecule has 138 valence electrons. The number of carbonyl (C=O) groups is 1. The van der Waals surface area contributed by atoms with Crippen molar-refractivity contribution in [1.82, 2.24) is 9.97 Å². The second-order valence-corrected chi connectivity index (χ2v) is 6.20. The van der Waals surface area contributed by atoms with Crippen LogP contribution in [0.15, 0.2) is 22.7 Å². The molecule has 0 saturated carbocycles. The van der Waals surface area contributed by atoms with Gasteiger partial charge in [0.1, 0.15) is 10.6 Å². The molecule has 0 radical (unpaired) electrons. The highest BCUT2D eigenvalue weighted by Crippen LogP contribution is 2.26. The predicted octanol–water partition coefficient (Wildman–Crippen LogP) is 2.29. The van der Waals surface area contributed by atoms with Crippen LogP contribution in [-0.2, 0) is 0 Å². The van der Waals surface area contributed by atoms with Crippen LogP contribution in [0, 0.1) is 10.1 Å². The van der Waals surface area contributed by atoms with Gasteiger partial charge in [0, 0.05) is 27.2 Å². The number of aromatic nitrogens is 2. The topological polar surface area (TPSA) is 118 Å².